The molecule has 0 saturated carbocycles. The van der Waals surface area contributed by atoms with Crippen LogP contribution in [-0.2, 0) is 13.0 Å². The predicted molar refractivity (Wildman–Crippen MR) is 69.2 cm³/mol. The second kappa shape index (κ2) is 4.38. The van der Waals surface area contributed by atoms with Gasteiger partial charge in [-0.2, -0.15) is 0 Å². The summed E-state index contributed by atoms with van der Waals surface area (Å²) in [6, 6.07) is 7.74. The van der Waals surface area contributed by atoms with Crippen LogP contribution in [-0.4, -0.2) is 27.5 Å². The predicted octanol–water partition coefficient (Wildman–Crippen LogP) is 1.32. The van der Waals surface area contributed by atoms with Crippen LogP contribution >= 0.6 is 11.3 Å². The average molecular weight is 260 g/mol. The number of nitrogens with two attached hydrogens (primary N) is 1. The highest BCUT2D eigenvalue weighted by atomic mass is 32.1. The van der Waals surface area contributed by atoms with Gasteiger partial charge >= 0.3 is 0 Å². The maximum absolute atomic E-state index is 12.3. The first-order valence-electron chi connectivity index (χ1n) is 5.69. The number of hydrogen-bond donors (Lipinski definition) is 1. The number of carbonyl (C=O) groups excluding carboxylic acids is 1. The lowest BCUT2D eigenvalue weighted by Crippen LogP contribution is -2.36. The number of rotatable bonds is 2. The first-order chi connectivity index (χ1) is 8.74. The summed E-state index contributed by atoms with van der Waals surface area (Å²) < 4.78 is 0. The van der Waals surface area contributed by atoms with Gasteiger partial charge in [-0.3, -0.25) is 4.79 Å². The lowest BCUT2D eigenvalue weighted by molar-refractivity contribution is 0.0726. The highest BCUT2D eigenvalue weighted by molar-refractivity contribution is 7.15. The van der Waals surface area contributed by atoms with Crippen molar-refractivity contribution in [3.63, 3.8) is 0 Å². The van der Waals surface area contributed by atoms with Crippen molar-refractivity contribution in [2.75, 3.05) is 12.3 Å². The van der Waals surface area contributed by atoms with E-state index in [1.807, 2.05) is 24.3 Å². The number of benzene rings is 1. The van der Waals surface area contributed by atoms with E-state index in [-0.39, 0.29) is 5.91 Å². The van der Waals surface area contributed by atoms with Crippen molar-refractivity contribution in [2.45, 2.75) is 13.0 Å². The zero-order valence-electron chi connectivity index (χ0n) is 9.67. The number of anilines is 1. The molecule has 1 aliphatic heterocycles. The Bertz CT molecular complexity index is 595. The molecule has 1 aromatic heterocycles. The summed E-state index contributed by atoms with van der Waals surface area (Å²) in [6.07, 6.45) is 0.885. The normalized spacial score (nSPS) is 14.7. The SMILES string of the molecule is Nc1nnc(CN2CCc3ccccc3C2=O)s1. The second-order valence-corrected chi connectivity index (χ2v) is 5.26. The Morgan fingerprint density at radius 1 is 1.33 bits per heavy atom. The molecular weight excluding hydrogens is 248 g/mol. The Morgan fingerprint density at radius 2 is 2.17 bits per heavy atom. The molecule has 5 nitrogen and oxygen atoms in total. The quantitative estimate of drug-likeness (QED) is 0.884. The molecule has 92 valence electrons. The lowest BCUT2D eigenvalue weighted by Gasteiger charge is -2.27. The molecule has 3 rings (SSSR count). The summed E-state index contributed by atoms with van der Waals surface area (Å²) in [6.45, 7) is 1.21. The van der Waals surface area contributed by atoms with Crippen molar-refractivity contribution in [2.24, 2.45) is 0 Å². The molecule has 2 heterocycles. The first-order valence-corrected chi connectivity index (χ1v) is 6.51. The van der Waals surface area contributed by atoms with Crippen molar-refractivity contribution in [1.82, 2.24) is 15.1 Å². The summed E-state index contributed by atoms with van der Waals surface area (Å²) in [4.78, 5) is 14.1. The van der Waals surface area contributed by atoms with Gasteiger partial charge in [-0.1, -0.05) is 29.5 Å². The van der Waals surface area contributed by atoms with Crippen molar-refractivity contribution in [3.05, 3.63) is 40.4 Å². The highest BCUT2D eigenvalue weighted by Gasteiger charge is 2.24. The van der Waals surface area contributed by atoms with E-state index in [2.05, 4.69) is 10.2 Å². The summed E-state index contributed by atoms with van der Waals surface area (Å²) in [5.74, 6) is 0.0608. The second-order valence-electron chi connectivity index (χ2n) is 4.17. The standard InChI is InChI=1S/C12H12N4OS/c13-12-15-14-10(18-12)7-16-6-5-8-3-1-2-4-9(8)11(16)17/h1-4H,5-7H2,(H2,13,15). The molecule has 0 aliphatic carbocycles. The molecule has 1 amide bonds. The Balaban J connectivity index is 1.82. The molecule has 6 heteroatoms. The third kappa shape index (κ3) is 1.95. The fraction of sp³-hybridized carbons (Fsp3) is 0.250. The molecule has 0 fully saturated rings. The molecule has 0 bridgehead atoms. The maximum Gasteiger partial charge on any atom is 0.254 e. The van der Waals surface area contributed by atoms with Crippen LogP contribution in [0.25, 0.3) is 0 Å². The summed E-state index contributed by atoms with van der Waals surface area (Å²) >= 11 is 1.33. The van der Waals surface area contributed by atoms with Crippen LogP contribution in [0.1, 0.15) is 20.9 Å². The Hall–Kier alpha value is -1.95. The zero-order valence-corrected chi connectivity index (χ0v) is 10.5. The number of amides is 1. The molecule has 0 unspecified atom stereocenters. The fourth-order valence-electron chi connectivity index (χ4n) is 2.12. The number of nitrogen functional groups attached to an aromatic ring is 1. The smallest absolute Gasteiger partial charge is 0.254 e. The molecular formula is C12H12N4OS. The van der Waals surface area contributed by atoms with Gasteiger partial charge in [0.2, 0.25) is 5.13 Å². The van der Waals surface area contributed by atoms with Crippen molar-refractivity contribution < 1.29 is 4.79 Å². The summed E-state index contributed by atoms with van der Waals surface area (Å²) in [5.41, 5.74) is 7.45. The van der Waals surface area contributed by atoms with E-state index in [4.69, 9.17) is 5.73 Å². The van der Waals surface area contributed by atoms with E-state index in [0.717, 1.165) is 29.1 Å². The lowest BCUT2D eigenvalue weighted by atomic mass is 9.99. The minimum absolute atomic E-state index is 0.0608. The molecule has 2 aromatic rings. The van der Waals surface area contributed by atoms with Crippen molar-refractivity contribution >= 4 is 22.4 Å². The number of nitrogens with zero attached hydrogens (tertiary/aromatic N) is 3. The summed E-state index contributed by atoms with van der Waals surface area (Å²) in [7, 11) is 0. The van der Waals surface area contributed by atoms with Gasteiger partial charge in [-0.05, 0) is 18.1 Å². The van der Waals surface area contributed by atoms with Crippen LogP contribution in [0, 0.1) is 0 Å². The van der Waals surface area contributed by atoms with Gasteiger partial charge in [0.25, 0.3) is 5.91 Å². The third-order valence-corrected chi connectivity index (χ3v) is 3.73. The number of fused-ring (bicyclic) bond motifs is 1. The van der Waals surface area contributed by atoms with Crippen LogP contribution < -0.4 is 5.73 Å². The largest absolute Gasteiger partial charge is 0.374 e. The molecule has 0 atom stereocenters. The molecule has 1 aromatic carbocycles. The van der Waals surface area contributed by atoms with Gasteiger partial charge in [0.15, 0.2) is 0 Å². The average Bonchev–Trinajstić information content (AvgIpc) is 2.79. The molecule has 0 saturated heterocycles. The van der Waals surface area contributed by atoms with Gasteiger partial charge in [-0.15, -0.1) is 10.2 Å². The third-order valence-electron chi connectivity index (χ3n) is 2.99. The van der Waals surface area contributed by atoms with Crippen LogP contribution in [0.4, 0.5) is 5.13 Å². The monoisotopic (exact) mass is 260 g/mol. The molecule has 1 aliphatic rings. The van der Waals surface area contributed by atoms with Crippen LogP contribution in [0.2, 0.25) is 0 Å². The van der Waals surface area contributed by atoms with E-state index in [9.17, 15) is 4.79 Å². The maximum atomic E-state index is 12.3. The van der Waals surface area contributed by atoms with Crippen LogP contribution in [0.3, 0.4) is 0 Å². The van der Waals surface area contributed by atoms with Crippen molar-refractivity contribution in [1.29, 1.82) is 0 Å². The molecule has 2 N–H and O–H groups in total. The van der Waals surface area contributed by atoms with Crippen LogP contribution in [0.15, 0.2) is 24.3 Å². The van der Waals surface area contributed by atoms with Gasteiger partial charge in [-0.25, -0.2) is 0 Å². The van der Waals surface area contributed by atoms with Gasteiger partial charge < -0.3 is 10.6 Å². The van der Waals surface area contributed by atoms with Gasteiger partial charge in [0.05, 0.1) is 6.54 Å². The van der Waals surface area contributed by atoms with E-state index in [1.54, 1.807) is 4.90 Å². The van der Waals surface area contributed by atoms with Gasteiger partial charge in [0, 0.05) is 12.1 Å². The number of hydrogen-bond acceptors (Lipinski definition) is 5. The fourth-order valence-corrected chi connectivity index (χ4v) is 2.74. The molecule has 18 heavy (non-hydrogen) atoms. The van der Waals surface area contributed by atoms with E-state index in [0.29, 0.717) is 11.7 Å². The highest BCUT2D eigenvalue weighted by Crippen LogP contribution is 2.21. The Labute approximate surface area is 108 Å². The van der Waals surface area contributed by atoms with Crippen molar-refractivity contribution in [3.8, 4) is 0 Å². The number of aromatic nitrogens is 2. The van der Waals surface area contributed by atoms with E-state index < -0.39 is 0 Å². The minimum atomic E-state index is 0.0608. The minimum Gasteiger partial charge on any atom is -0.374 e. The zero-order chi connectivity index (χ0) is 12.5. The topological polar surface area (TPSA) is 72.1 Å². The number of carbonyl (C=O) groups is 1. The first kappa shape index (κ1) is 11.2. The van der Waals surface area contributed by atoms with Gasteiger partial charge in [0.1, 0.15) is 5.01 Å². The Morgan fingerprint density at radius 3 is 2.94 bits per heavy atom. The Kier molecular flexibility index (Phi) is 2.71. The summed E-state index contributed by atoms with van der Waals surface area (Å²) in [5, 5.41) is 8.93. The molecule has 0 radical (unpaired) electrons. The van der Waals surface area contributed by atoms with Crippen LogP contribution in [0.5, 0.6) is 0 Å². The van der Waals surface area contributed by atoms with E-state index in [1.165, 1.54) is 11.3 Å². The molecule has 0 spiro atoms. The van der Waals surface area contributed by atoms with E-state index >= 15 is 0 Å².